The average Bonchev–Trinajstić information content (AvgIpc) is 2.33. The first-order valence-corrected chi connectivity index (χ1v) is 6.54. The Morgan fingerprint density at radius 2 is 2.11 bits per heavy atom. The highest BCUT2D eigenvalue weighted by Crippen LogP contribution is 2.15. The molecule has 0 saturated carbocycles. The van der Waals surface area contributed by atoms with Crippen molar-refractivity contribution in [3.63, 3.8) is 0 Å². The minimum Gasteiger partial charge on any atom is -0.493 e. The average molecular weight is 264 g/mol. The zero-order chi connectivity index (χ0) is 14.5. The van der Waals surface area contributed by atoms with Gasteiger partial charge in [0.25, 0.3) is 0 Å². The highest BCUT2D eigenvalue weighted by atomic mass is 16.5. The van der Waals surface area contributed by atoms with Crippen molar-refractivity contribution in [1.82, 2.24) is 5.32 Å². The first-order chi connectivity index (χ1) is 8.78. The second kappa shape index (κ2) is 6.57. The lowest BCUT2D eigenvalue weighted by Gasteiger charge is -2.20. The van der Waals surface area contributed by atoms with Crippen LogP contribution < -0.4 is 15.8 Å². The number of ether oxygens (including phenoxy) is 1. The van der Waals surface area contributed by atoms with Crippen LogP contribution in [0.25, 0.3) is 0 Å². The van der Waals surface area contributed by atoms with E-state index in [1.807, 2.05) is 24.3 Å². The normalized spacial score (nSPS) is 13.1. The lowest BCUT2D eigenvalue weighted by Crippen LogP contribution is -2.35. The van der Waals surface area contributed by atoms with Gasteiger partial charge in [0.05, 0.1) is 12.5 Å². The Hall–Kier alpha value is -1.55. The fraction of sp³-hybridized carbons (Fsp3) is 0.533. The quantitative estimate of drug-likeness (QED) is 0.826. The van der Waals surface area contributed by atoms with E-state index in [2.05, 4.69) is 26.1 Å². The van der Waals surface area contributed by atoms with E-state index in [-0.39, 0.29) is 17.4 Å². The molecule has 19 heavy (non-hydrogen) atoms. The van der Waals surface area contributed by atoms with Crippen LogP contribution in [0, 0.1) is 5.92 Å². The Kier molecular flexibility index (Phi) is 5.36. The molecule has 4 heteroatoms. The summed E-state index contributed by atoms with van der Waals surface area (Å²) in [6, 6.07) is 7.85. The monoisotopic (exact) mass is 264 g/mol. The van der Waals surface area contributed by atoms with Gasteiger partial charge in [0.2, 0.25) is 5.91 Å². The minimum absolute atomic E-state index is 0.0807. The smallest absolute Gasteiger partial charge is 0.223 e. The van der Waals surface area contributed by atoms with Gasteiger partial charge in [-0.15, -0.1) is 0 Å². The number of amides is 1. The molecule has 1 aromatic rings. The van der Waals surface area contributed by atoms with Crippen molar-refractivity contribution >= 4 is 5.91 Å². The number of hydrogen-bond acceptors (Lipinski definition) is 3. The van der Waals surface area contributed by atoms with Gasteiger partial charge in [0.1, 0.15) is 5.75 Å². The molecule has 3 N–H and O–H groups in total. The number of rotatable bonds is 6. The largest absolute Gasteiger partial charge is 0.493 e. The summed E-state index contributed by atoms with van der Waals surface area (Å²) in [6.45, 7) is 9.23. The number of carbonyl (C=O) groups excluding carboxylic acids is 1. The van der Waals surface area contributed by atoms with Crippen molar-refractivity contribution in [1.29, 1.82) is 0 Å². The molecule has 0 aliphatic rings. The standard InChI is InChI=1S/C15H24N2O2/c1-11(14(16)18)10-19-13-7-5-6-12(8-13)9-17-15(2,3)4/h5-8,11,17H,9-10H2,1-4H3,(H2,16,18). The van der Waals surface area contributed by atoms with E-state index in [0.717, 1.165) is 17.9 Å². The van der Waals surface area contributed by atoms with E-state index in [1.54, 1.807) is 6.92 Å². The van der Waals surface area contributed by atoms with Gasteiger partial charge in [-0.3, -0.25) is 4.79 Å². The molecule has 0 spiro atoms. The molecular weight excluding hydrogens is 240 g/mol. The molecule has 0 fully saturated rings. The predicted molar refractivity (Wildman–Crippen MR) is 76.9 cm³/mol. The van der Waals surface area contributed by atoms with E-state index in [4.69, 9.17) is 10.5 Å². The zero-order valence-electron chi connectivity index (χ0n) is 12.2. The summed E-state index contributed by atoms with van der Waals surface area (Å²) in [7, 11) is 0. The van der Waals surface area contributed by atoms with Crippen LogP contribution >= 0.6 is 0 Å². The van der Waals surface area contributed by atoms with Crippen molar-refractivity contribution < 1.29 is 9.53 Å². The Labute approximate surface area is 115 Å². The third-order valence-corrected chi connectivity index (χ3v) is 2.71. The van der Waals surface area contributed by atoms with Crippen molar-refractivity contribution in [2.24, 2.45) is 11.7 Å². The molecule has 0 radical (unpaired) electrons. The molecule has 0 aliphatic carbocycles. The van der Waals surface area contributed by atoms with Crippen LogP contribution in [0.5, 0.6) is 5.75 Å². The summed E-state index contributed by atoms with van der Waals surface area (Å²) in [4.78, 5) is 10.9. The van der Waals surface area contributed by atoms with Gasteiger partial charge in [-0.05, 0) is 38.5 Å². The Morgan fingerprint density at radius 3 is 2.68 bits per heavy atom. The van der Waals surface area contributed by atoms with Gasteiger partial charge in [-0.1, -0.05) is 19.1 Å². The van der Waals surface area contributed by atoms with Crippen LogP contribution in [0.2, 0.25) is 0 Å². The second-order valence-electron chi connectivity index (χ2n) is 5.87. The summed E-state index contributed by atoms with van der Waals surface area (Å²) < 4.78 is 5.57. The molecule has 0 bridgehead atoms. The lowest BCUT2D eigenvalue weighted by molar-refractivity contribution is -0.122. The number of benzene rings is 1. The van der Waals surface area contributed by atoms with Gasteiger partial charge in [0.15, 0.2) is 0 Å². The van der Waals surface area contributed by atoms with Gasteiger partial charge in [-0.25, -0.2) is 0 Å². The van der Waals surface area contributed by atoms with Gasteiger partial charge >= 0.3 is 0 Å². The SMILES string of the molecule is CC(COc1cccc(CNC(C)(C)C)c1)C(N)=O. The van der Waals surface area contributed by atoms with E-state index in [1.165, 1.54) is 0 Å². The molecule has 1 rings (SSSR count). The number of carbonyl (C=O) groups is 1. The maximum absolute atomic E-state index is 10.9. The summed E-state index contributed by atoms with van der Waals surface area (Å²) >= 11 is 0. The summed E-state index contributed by atoms with van der Waals surface area (Å²) in [6.07, 6.45) is 0. The van der Waals surface area contributed by atoms with Crippen molar-refractivity contribution in [2.75, 3.05) is 6.61 Å². The molecule has 0 aliphatic heterocycles. The van der Waals surface area contributed by atoms with Crippen LogP contribution in [0.15, 0.2) is 24.3 Å². The van der Waals surface area contributed by atoms with Crippen molar-refractivity contribution in [2.45, 2.75) is 39.8 Å². The van der Waals surface area contributed by atoms with Crippen molar-refractivity contribution in [3.8, 4) is 5.75 Å². The molecule has 0 aromatic heterocycles. The van der Waals surface area contributed by atoms with E-state index in [9.17, 15) is 4.79 Å². The highest BCUT2D eigenvalue weighted by molar-refractivity contribution is 5.76. The van der Waals surface area contributed by atoms with Crippen LogP contribution in [-0.4, -0.2) is 18.1 Å². The van der Waals surface area contributed by atoms with Crippen LogP contribution in [-0.2, 0) is 11.3 Å². The Balaban J connectivity index is 2.55. The Morgan fingerprint density at radius 1 is 1.42 bits per heavy atom. The molecule has 1 unspecified atom stereocenters. The number of nitrogens with two attached hydrogens (primary N) is 1. The third kappa shape index (κ3) is 6.25. The zero-order valence-corrected chi connectivity index (χ0v) is 12.2. The number of hydrogen-bond donors (Lipinski definition) is 2. The maximum atomic E-state index is 10.9. The van der Waals surface area contributed by atoms with Crippen LogP contribution in [0.3, 0.4) is 0 Å². The first-order valence-electron chi connectivity index (χ1n) is 6.54. The lowest BCUT2D eigenvalue weighted by atomic mass is 10.1. The number of nitrogens with one attached hydrogen (secondary N) is 1. The van der Waals surface area contributed by atoms with Gasteiger partial charge in [-0.2, -0.15) is 0 Å². The fourth-order valence-corrected chi connectivity index (χ4v) is 1.42. The van der Waals surface area contributed by atoms with Crippen LogP contribution in [0.4, 0.5) is 0 Å². The number of primary amides is 1. The minimum atomic E-state index is -0.342. The van der Waals surface area contributed by atoms with Gasteiger partial charge < -0.3 is 15.8 Å². The predicted octanol–water partition coefficient (Wildman–Crippen LogP) is 2.07. The molecule has 0 heterocycles. The van der Waals surface area contributed by atoms with E-state index in [0.29, 0.717) is 6.61 Å². The third-order valence-electron chi connectivity index (χ3n) is 2.71. The molecule has 1 amide bonds. The van der Waals surface area contributed by atoms with E-state index < -0.39 is 0 Å². The fourth-order valence-electron chi connectivity index (χ4n) is 1.42. The summed E-state index contributed by atoms with van der Waals surface area (Å²) in [5, 5.41) is 3.42. The summed E-state index contributed by atoms with van der Waals surface area (Å²) in [5.74, 6) is 0.142. The molecule has 4 nitrogen and oxygen atoms in total. The topological polar surface area (TPSA) is 64.3 Å². The molecule has 0 saturated heterocycles. The van der Waals surface area contributed by atoms with Gasteiger partial charge in [0, 0.05) is 12.1 Å². The molecule has 106 valence electrons. The highest BCUT2D eigenvalue weighted by Gasteiger charge is 2.10. The van der Waals surface area contributed by atoms with E-state index >= 15 is 0 Å². The maximum Gasteiger partial charge on any atom is 0.223 e. The second-order valence-corrected chi connectivity index (χ2v) is 5.87. The molecule has 1 aromatic carbocycles. The van der Waals surface area contributed by atoms with Crippen LogP contribution in [0.1, 0.15) is 33.3 Å². The molecule has 1 atom stereocenters. The van der Waals surface area contributed by atoms with Crippen molar-refractivity contribution in [3.05, 3.63) is 29.8 Å². The molecular formula is C15H24N2O2. The summed E-state index contributed by atoms with van der Waals surface area (Å²) in [5.41, 5.74) is 6.43. The Bertz CT molecular complexity index is 424. The first kappa shape index (κ1) is 15.5.